The Morgan fingerprint density at radius 2 is 1.91 bits per heavy atom. The van der Waals surface area contributed by atoms with Gasteiger partial charge in [-0.1, -0.05) is 12.1 Å². The van der Waals surface area contributed by atoms with Crippen molar-refractivity contribution in [2.24, 2.45) is 10.9 Å². The van der Waals surface area contributed by atoms with Gasteiger partial charge in [0.15, 0.2) is 12.6 Å². The van der Waals surface area contributed by atoms with Crippen molar-refractivity contribution >= 4 is 5.96 Å². The number of aliphatic imine (C=N–C) groups is 1. The van der Waals surface area contributed by atoms with Gasteiger partial charge in [-0.3, -0.25) is 4.99 Å². The first-order valence-corrected chi connectivity index (χ1v) is 7.19. The van der Waals surface area contributed by atoms with Gasteiger partial charge in [0.2, 0.25) is 0 Å². The summed E-state index contributed by atoms with van der Waals surface area (Å²) in [5.41, 5.74) is 0.939. The summed E-state index contributed by atoms with van der Waals surface area (Å²) >= 11 is 0. The van der Waals surface area contributed by atoms with Crippen LogP contribution in [-0.2, 0) is 6.54 Å². The van der Waals surface area contributed by atoms with Gasteiger partial charge in [-0.25, -0.2) is 0 Å². The molecule has 0 aromatic heterocycles. The van der Waals surface area contributed by atoms with Gasteiger partial charge < -0.3 is 15.4 Å². The van der Waals surface area contributed by atoms with Crippen LogP contribution in [-0.4, -0.2) is 32.3 Å². The molecule has 122 valence electrons. The Morgan fingerprint density at radius 3 is 2.45 bits per heavy atom. The third kappa shape index (κ3) is 6.24. The number of guanidine groups is 1. The molecule has 0 bridgehead atoms. The highest BCUT2D eigenvalue weighted by atomic mass is 19.4. The highest BCUT2D eigenvalue weighted by Crippen LogP contribution is 2.27. The minimum absolute atomic E-state index is 0.206. The van der Waals surface area contributed by atoms with Crippen molar-refractivity contribution in [1.29, 1.82) is 0 Å². The summed E-state index contributed by atoms with van der Waals surface area (Å²) in [5.74, 6) is 1.69. The number of hydrogen-bond acceptors (Lipinski definition) is 2. The number of ether oxygens (including phenoxy) is 1. The van der Waals surface area contributed by atoms with Gasteiger partial charge in [-0.15, -0.1) is 0 Å². The second-order valence-electron chi connectivity index (χ2n) is 5.30. The van der Waals surface area contributed by atoms with Crippen LogP contribution in [0, 0.1) is 5.92 Å². The molecule has 1 aromatic carbocycles. The summed E-state index contributed by atoms with van der Waals surface area (Å²) in [7, 11) is 1.70. The average molecular weight is 315 g/mol. The molecule has 0 heterocycles. The molecule has 2 N–H and O–H groups in total. The van der Waals surface area contributed by atoms with E-state index < -0.39 is 12.8 Å². The van der Waals surface area contributed by atoms with E-state index in [1.165, 1.54) is 25.0 Å². The smallest absolute Gasteiger partial charge is 0.422 e. The zero-order chi connectivity index (χ0) is 16.0. The number of hydrogen-bond donors (Lipinski definition) is 2. The molecular formula is C15H20F3N3O. The van der Waals surface area contributed by atoms with Gasteiger partial charge in [-0.2, -0.15) is 13.2 Å². The van der Waals surface area contributed by atoms with Crippen molar-refractivity contribution in [3.63, 3.8) is 0 Å². The van der Waals surface area contributed by atoms with Crippen LogP contribution in [0.4, 0.5) is 13.2 Å². The summed E-state index contributed by atoms with van der Waals surface area (Å²) in [4.78, 5) is 4.12. The van der Waals surface area contributed by atoms with Crippen LogP contribution >= 0.6 is 0 Å². The fourth-order valence-electron chi connectivity index (χ4n) is 1.84. The first-order chi connectivity index (χ1) is 10.5. The predicted molar refractivity (Wildman–Crippen MR) is 78.9 cm³/mol. The molecule has 2 rings (SSSR count). The molecule has 1 fully saturated rings. The number of rotatable bonds is 6. The first-order valence-electron chi connectivity index (χ1n) is 7.19. The Morgan fingerprint density at radius 1 is 1.23 bits per heavy atom. The number of alkyl halides is 3. The molecule has 22 heavy (non-hydrogen) atoms. The SMILES string of the molecule is CN=C(NCc1ccc(OCC(F)(F)F)cc1)NCC1CC1. The quantitative estimate of drug-likeness (QED) is 0.627. The molecule has 1 saturated carbocycles. The molecule has 0 spiro atoms. The lowest BCUT2D eigenvalue weighted by atomic mass is 10.2. The van der Waals surface area contributed by atoms with Gasteiger partial charge >= 0.3 is 6.18 Å². The lowest BCUT2D eigenvalue weighted by molar-refractivity contribution is -0.153. The van der Waals surface area contributed by atoms with Crippen LogP contribution in [0.25, 0.3) is 0 Å². The molecule has 0 radical (unpaired) electrons. The minimum Gasteiger partial charge on any atom is -0.484 e. The third-order valence-electron chi connectivity index (χ3n) is 3.26. The number of nitrogens with zero attached hydrogens (tertiary/aromatic N) is 1. The topological polar surface area (TPSA) is 45.7 Å². The zero-order valence-corrected chi connectivity index (χ0v) is 12.4. The maximum absolute atomic E-state index is 12.0. The molecule has 0 unspecified atom stereocenters. The van der Waals surface area contributed by atoms with Crippen LogP contribution < -0.4 is 15.4 Å². The van der Waals surface area contributed by atoms with Crippen molar-refractivity contribution in [2.45, 2.75) is 25.6 Å². The Kier molecular flexibility index (Phi) is 5.51. The summed E-state index contributed by atoms with van der Waals surface area (Å²) in [6.45, 7) is 0.191. The van der Waals surface area contributed by atoms with E-state index in [0.717, 1.165) is 24.0 Å². The van der Waals surface area contributed by atoms with Crippen molar-refractivity contribution in [3.05, 3.63) is 29.8 Å². The van der Waals surface area contributed by atoms with Crippen LogP contribution in [0.5, 0.6) is 5.75 Å². The average Bonchev–Trinajstić information content (AvgIpc) is 3.30. The predicted octanol–water partition coefficient (Wildman–Crippen LogP) is 2.70. The Hall–Kier alpha value is -1.92. The van der Waals surface area contributed by atoms with Gasteiger partial charge in [-0.05, 0) is 36.5 Å². The summed E-state index contributed by atoms with van der Waals surface area (Å²) in [6.07, 6.45) is -1.79. The highest BCUT2D eigenvalue weighted by molar-refractivity contribution is 5.79. The highest BCUT2D eigenvalue weighted by Gasteiger charge is 2.28. The van der Waals surface area contributed by atoms with E-state index in [2.05, 4.69) is 20.4 Å². The molecule has 1 aliphatic rings. The Balaban J connectivity index is 1.75. The van der Waals surface area contributed by atoms with E-state index in [9.17, 15) is 13.2 Å². The Bertz CT molecular complexity index is 496. The fraction of sp³-hybridized carbons (Fsp3) is 0.533. The van der Waals surface area contributed by atoms with E-state index in [-0.39, 0.29) is 5.75 Å². The molecule has 0 saturated heterocycles. The minimum atomic E-state index is -4.32. The molecule has 0 aliphatic heterocycles. The second kappa shape index (κ2) is 7.38. The molecule has 0 atom stereocenters. The van der Waals surface area contributed by atoms with Crippen molar-refractivity contribution < 1.29 is 17.9 Å². The maximum atomic E-state index is 12.0. The molecular weight excluding hydrogens is 295 g/mol. The first kappa shape index (κ1) is 16.5. The third-order valence-corrected chi connectivity index (χ3v) is 3.26. The second-order valence-corrected chi connectivity index (χ2v) is 5.30. The lowest BCUT2D eigenvalue weighted by Gasteiger charge is -2.12. The van der Waals surface area contributed by atoms with Gasteiger partial charge in [0.05, 0.1) is 0 Å². The monoisotopic (exact) mass is 315 g/mol. The van der Waals surface area contributed by atoms with Crippen LogP contribution in [0.3, 0.4) is 0 Å². The van der Waals surface area contributed by atoms with Crippen LogP contribution in [0.2, 0.25) is 0 Å². The number of benzene rings is 1. The van der Waals surface area contributed by atoms with Gasteiger partial charge in [0, 0.05) is 20.1 Å². The van der Waals surface area contributed by atoms with E-state index in [1.54, 1.807) is 19.2 Å². The normalized spacial score (nSPS) is 15.5. The summed E-state index contributed by atoms with van der Waals surface area (Å²) < 4.78 is 40.8. The summed E-state index contributed by atoms with van der Waals surface area (Å²) in [6, 6.07) is 6.52. The lowest BCUT2D eigenvalue weighted by Crippen LogP contribution is -2.37. The van der Waals surface area contributed by atoms with Crippen molar-refractivity contribution in [1.82, 2.24) is 10.6 Å². The van der Waals surface area contributed by atoms with Crippen molar-refractivity contribution in [2.75, 3.05) is 20.2 Å². The van der Waals surface area contributed by atoms with Crippen LogP contribution in [0.15, 0.2) is 29.3 Å². The maximum Gasteiger partial charge on any atom is 0.422 e. The summed E-state index contributed by atoms with van der Waals surface area (Å²) in [5, 5.41) is 6.40. The standard InChI is InChI=1S/C15H20F3N3O/c1-19-14(20-8-11-2-3-11)21-9-12-4-6-13(7-5-12)22-10-15(16,17)18/h4-7,11H,2-3,8-10H2,1H3,(H2,19,20,21). The van der Waals surface area contributed by atoms with E-state index in [1.807, 2.05) is 0 Å². The molecule has 1 aliphatic carbocycles. The Labute approximate surface area is 127 Å². The zero-order valence-electron chi connectivity index (χ0n) is 12.4. The van der Waals surface area contributed by atoms with Gasteiger partial charge in [0.25, 0.3) is 0 Å². The largest absolute Gasteiger partial charge is 0.484 e. The number of nitrogens with one attached hydrogen (secondary N) is 2. The van der Waals surface area contributed by atoms with E-state index in [0.29, 0.717) is 6.54 Å². The van der Waals surface area contributed by atoms with Crippen LogP contribution in [0.1, 0.15) is 18.4 Å². The van der Waals surface area contributed by atoms with Gasteiger partial charge in [0.1, 0.15) is 5.75 Å². The molecule has 0 amide bonds. The fourth-order valence-corrected chi connectivity index (χ4v) is 1.84. The van der Waals surface area contributed by atoms with Crippen molar-refractivity contribution in [3.8, 4) is 5.75 Å². The van der Waals surface area contributed by atoms with E-state index in [4.69, 9.17) is 0 Å². The number of halogens is 3. The molecule has 1 aromatic rings. The molecule has 7 heteroatoms. The van der Waals surface area contributed by atoms with E-state index >= 15 is 0 Å². The molecule has 4 nitrogen and oxygen atoms in total.